The Morgan fingerprint density at radius 2 is 2.06 bits per heavy atom. The zero-order chi connectivity index (χ0) is 12.2. The number of nitrogens with one attached hydrogen (secondary N) is 2. The molecule has 1 rings (SSSR count). The molecule has 0 fully saturated rings. The van der Waals surface area contributed by atoms with E-state index in [4.69, 9.17) is 4.42 Å². The summed E-state index contributed by atoms with van der Waals surface area (Å²) < 4.78 is 6.20. The Hall–Kier alpha value is -0.320. The highest BCUT2D eigenvalue weighted by Crippen LogP contribution is 2.13. The molecule has 0 spiro atoms. The third-order valence-corrected chi connectivity index (χ3v) is 2.62. The van der Waals surface area contributed by atoms with E-state index in [9.17, 15) is 0 Å². The molecular formula is C12H21BrN2O. The van der Waals surface area contributed by atoms with E-state index in [0.29, 0.717) is 6.04 Å². The number of hydrogen-bond acceptors (Lipinski definition) is 3. The van der Waals surface area contributed by atoms with Gasteiger partial charge < -0.3 is 15.1 Å². The van der Waals surface area contributed by atoms with Crippen LogP contribution in [0, 0.1) is 0 Å². The lowest BCUT2D eigenvalue weighted by atomic mass is 10.1. The second-order valence-electron chi connectivity index (χ2n) is 5.12. The minimum Gasteiger partial charge on any atom is -0.453 e. The van der Waals surface area contributed by atoms with Crippen molar-refractivity contribution in [3.05, 3.63) is 22.6 Å². The van der Waals surface area contributed by atoms with Crippen molar-refractivity contribution in [3.8, 4) is 0 Å². The molecule has 1 heterocycles. The van der Waals surface area contributed by atoms with Gasteiger partial charge in [0.1, 0.15) is 5.76 Å². The van der Waals surface area contributed by atoms with Gasteiger partial charge in [0, 0.05) is 18.1 Å². The van der Waals surface area contributed by atoms with E-state index < -0.39 is 0 Å². The summed E-state index contributed by atoms with van der Waals surface area (Å²) in [6, 6.07) is 4.30. The van der Waals surface area contributed by atoms with E-state index in [0.717, 1.165) is 23.5 Å². The summed E-state index contributed by atoms with van der Waals surface area (Å²) in [6.45, 7) is 10.4. The predicted molar refractivity (Wildman–Crippen MR) is 70.5 cm³/mol. The number of hydrogen-bond donors (Lipinski definition) is 2. The highest BCUT2D eigenvalue weighted by molar-refractivity contribution is 9.10. The molecule has 0 aliphatic rings. The fourth-order valence-electron chi connectivity index (χ4n) is 1.25. The molecule has 92 valence electrons. The fraction of sp³-hybridized carbons (Fsp3) is 0.667. The van der Waals surface area contributed by atoms with Gasteiger partial charge in [-0.15, -0.1) is 0 Å². The highest BCUT2D eigenvalue weighted by atomic mass is 79.9. The molecule has 2 N–H and O–H groups in total. The van der Waals surface area contributed by atoms with Crippen LogP contribution in [0.3, 0.4) is 0 Å². The maximum absolute atomic E-state index is 5.41. The lowest BCUT2D eigenvalue weighted by Crippen LogP contribution is -2.44. The first-order valence-corrected chi connectivity index (χ1v) is 6.39. The van der Waals surface area contributed by atoms with Crippen LogP contribution in [0.4, 0.5) is 0 Å². The van der Waals surface area contributed by atoms with Gasteiger partial charge in [0.05, 0.1) is 6.54 Å². The first-order valence-electron chi connectivity index (χ1n) is 5.59. The molecule has 0 radical (unpaired) electrons. The summed E-state index contributed by atoms with van der Waals surface area (Å²) in [5.74, 6) is 0.953. The molecule has 1 aromatic heterocycles. The van der Waals surface area contributed by atoms with Crippen molar-refractivity contribution in [2.45, 2.75) is 45.8 Å². The standard InChI is InChI=1S/C12H21BrN2O/c1-9(7-15-12(2,3)4)14-8-10-5-6-11(13)16-10/h5-6,9,14-15H,7-8H2,1-4H3. The molecule has 0 saturated heterocycles. The van der Waals surface area contributed by atoms with Gasteiger partial charge in [0.25, 0.3) is 0 Å². The van der Waals surface area contributed by atoms with E-state index in [-0.39, 0.29) is 5.54 Å². The molecular weight excluding hydrogens is 268 g/mol. The topological polar surface area (TPSA) is 37.2 Å². The normalized spacial score (nSPS) is 14.1. The molecule has 0 amide bonds. The molecule has 16 heavy (non-hydrogen) atoms. The van der Waals surface area contributed by atoms with Crippen molar-refractivity contribution in [2.24, 2.45) is 0 Å². The van der Waals surface area contributed by atoms with Crippen LogP contribution in [0.15, 0.2) is 21.2 Å². The van der Waals surface area contributed by atoms with Gasteiger partial charge in [-0.3, -0.25) is 0 Å². The van der Waals surface area contributed by atoms with Gasteiger partial charge in [-0.25, -0.2) is 0 Å². The summed E-state index contributed by atoms with van der Waals surface area (Å²) in [6.07, 6.45) is 0. The van der Waals surface area contributed by atoms with Crippen LogP contribution in [0.2, 0.25) is 0 Å². The van der Waals surface area contributed by atoms with Crippen molar-refractivity contribution in [1.29, 1.82) is 0 Å². The molecule has 1 unspecified atom stereocenters. The van der Waals surface area contributed by atoms with E-state index >= 15 is 0 Å². The average molecular weight is 289 g/mol. The van der Waals surface area contributed by atoms with E-state index in [1.54, 1.807) is 0 Å². The zero-order valence-corrected chi connectivity index (χ0v) is 12.0. The Kier molecular flexibility index (Phi) is 5.02. The Labute approximate surface area is 106 Å². The number of furan rings is 1. The Morgan fingerprint density at radius 1 is 1.38 bits per heavy atom. The van der Waals surface area contributed by atoms with Crippen LogP contribution in [0.1, 0.15) is 33.5 Å². The van der Waals surface area contributed by atoms with Gasteiger partial charge in [-0.2, -0.15) is 0 Å². The summed E-state index contributed by atoms with van der Waals surface area (Å²) in [5, 5.41) is 6.87. The van der Waals surface area contributed by atoms with Crippen molar-refractivity contribution >= 4 is 15.9 Å². The third kappa shape index (κ3) is 5.68. The Balaban J connectivity index is 2.22. The van der Waals surface area contributed by atoms with Crippen LogP contribution < -0.4 is 10.6 Å². The first kappa shape index (κ1) is 13.7. The van der Waals surface area contributed by atoms with Crippen LogP contribution in [0.5, 0.6) is 0 Å². The molecule has 0 aliphatic carbocycles. The molecule has 0 aliphatic heterocycles. The second-order valence-corrected chi connectivity index (χ2v) is 5.90. The van der Waals surface area contributed by atoms with E-state index in [1.807, 2.05) is 12.1 Å². The Bertz CT molecular complexity index is 317. The second kappa shape index (κ2) is 5.84. The summed E-state index contributed by atoms with van der Waals surface area (Å²) in [7, 11) is 0. The van der Waals surface area contributed by atoms with Gasteiger partial charge in [-0.05, 0) is 55.8 Å². The summed E-state index contributed by atoms with van der Waals surface area (Å²) in [4.78, 5) is 0. The third-order valence-electron chi connectivity index (χ3n) is 2.19. The maximum atomic E-state index is 5.41. The Morgan fingerprint density at radius 3 is 2.56 bits per heavy atom. The maximum Gasteiger partial charge on any atom is 0.169 e. The minimum absolute atomic E-state index is 0.170. The number of rotatable bonds is 5. The van der Waals surface area contributed by atoms with Crippen LogP contribution in [0.25, 0.3) is 0 Å². The van der Waals surface area contributed by atoms with E-state index in [2.05, 4.69) is 54.3 Å². The van der Waals surface area contributed by atoms with Crippen LogP contribution in [-0.2, 0) is 6.54 Å². The number of halogens is 1. The largest absolute Gasteiger partial charge is 0.453 e. The van der Waals surface area contributed by atoms with Gasteiger partial charge in [0.2, 0.25) is 0 Å². The average Bonchev–Trinajstić information content (AvgIpc) is 2.57. The summed E-state index contributed by atoms with van der Waals surface area (Å²) in [5.41, 5.74) is 0.170. The van der Waals surface area contributed by atoms with Gasteiger partial charge >= 0.3 is 0 Å². The van der Waals surface area contributed by atoms with Crippen LogP contribution >= 0.6 is 15.9 Å². The quantitative estimate of drug-likeness (QED) is 0.875. The lowest BCUT2D eigenvalue weighted by molar-refractivity contribution is 0.376. The monoisotopic (exact) mass is 288 g/mol. The molecule has 0 aromatic carbocycles. The van der Waals surface area contributed by atoms with Gasteiger partial charge in [0.15, 0.2) is 4.67 Å². The summed E-state index contributed by atoms with van der Waals surface area (Å²) >= 11 is 3.29. The molecule has 4 heteroatoms. The molecule has 1 aromatic rings. The first-order chi connectivity index (χ1) is 7.37. The molecule has 1 atom stereocenters. The fourth-order valence-corrected chi connectivity index (χ4v) is 1.59. The molecule has 0 bridgehead atoms. The SMILES string of the molecule is CC(CNC(C)(C)C)NCc1ccc(Br)o1. The minimum atomic E-state index is 0.170. The lowest BCUT2D eigenvalue weighted by Gasteiger charge is -2.23. The highest BCUT2D eigenvalue weighted by Gasteiger charge is 2.11. The van der Waals surface area contributed by atoms with Crippen LogP contribution in [-0.4, -0.2) is 18.1 Å². The zero-order valence-electron chi connectivity index (χ0n) is 10.4. The molecule has 0 saturated carbocycles. The van der Waals surface area contributed by atoms with Crippen molar-refractivity contribution < 1.29 is 4.42 Å². The molecule has 3 nitrogen and oxygen atoms in total. The van der Waals surface area contributed by atoms with Crippen molar-refractivity contribution in [2.75, 3.05) is 6.54 Å². The predicted octanol–water partition coefficient (Wildman–Crippen LogP) is 2.91. The van der Waals surface area contributed by atoms with Gasteiger partial charge in [-0.1, -0.05) is 0 Å². The smallest absolute Gasteiger partial charge is 0.169 e. The van der Waals surface area contributed by atoms with E-state index in [1.165, 1.54) is 0 Å². The van der Waals surface area contributed by atoms with Crippen molar-refractivity contribution in [3.63, 3.8) is 0 Å². The van der Waals surface area contributed by atoms with Crippen molar-refractivity contribution in [1.82, 2.24) is 10.6 Å².